The Morgan fingerprint density at radius 2 is 2.00 bits per heavy atom. The van der Waals surface area contributed by atoms with Crippen LogP contribution in [0.2, 0.25) is 0 Å². The number of aromatic nitrogens is 3. The van der Waals surface area contributed by atoms with Crippen molar-refractivity contribution in [2.24, 2.45) is 0 Å². The monoisotopic (exact) mass is 303 g/mol. The maximum atomic E-state index is 5.56. The van der Waals surface area contributed by atoms with Gasteiger partial charge < -0.3 is 4.42 Å². The van der Waals surface area contributed by atoms with Crippen molar-refractivity contribution in [3.63, 3.8) is 0 Å². The Morgan fingerprint density at radius 3 is 2.90 bits per heavy atom. The van der Waals surface area contributed by atoms with E-state index in [0.717, 1.165) is 22.4 Å². The third-order valence-corrected chi connectivity index (χ3v) is 4.19. The zero-order valence-corrected chi connectivity index (χ0v) is 12.6. The predicted octanol–water partition coefficient (Wildman–Crippen LogP) is 3.77. The lowest BCUT2D eigenvalue weighted by Gasteiger charge is -2.03. The van der Waals surface area contributed by atoms with Gasteiger partial charge in [-0.15, -0.1) is 10.2 Å². The van der Waals surface area contributed by atoms with E-state index in [1.54, 1.807) is 23.5 Å². The second-order valence-corrected chi connectivity index (χ2v) is 5.97. The van der Waals surface area contributed by atoms with Crippen LogP contribution < -0.4 is 0 Å². The lowest BCUT2D eigenvalue weighted by molar-refractivity contribution is 0.426. The maximum Gasteiger partial charge on any atom is 0.276 e. The molecule has 3 rings (SSSR count). The molecule has 0 fully saturated rings. The van der Waals surface area contributed by atoms with Gasteiger partial charge in [0.2, 0.25) is 5.89 Å². The zero-order chi connectivity index (χ0) is 13.8. The molecule has 0 bridgehead atoms. The highest BCUT2D eigenvalue weighted by Gasteiger charge is 2.08. The smallest absolute Gasteiger partial charge is 0.276 e. The SMILES string of the molecule is CSCc1nnc(SCc2cccc3cccnc23)o1. The van der Waals surface area contributed by atoms with Crippen molar-refractivity contribution in [2.45, 2.75) is 16.7 Å². The van der Waals surface area contributed by atoms with Crippen molar-refractivity contribution in [2.75, 3.05) is 6.26 Å². The van der Waals surface area contributed by atoms with Crippen LogP contribution in [-0.4, -0.2) is 21.4 Å². The van der Waals surface area contributed by atoms with E-state index in [2.05, 4.69) is 33.4 Å². The summed E-state index contributed by atoms with van der Waals surface area (Å²) < 4.78 is 5.56. The topological polar surface area (TPSA) is 51.8 Å². The molecule has 0 radical (unpaired) electrons. The average molecular weight is 303 g/mol. The van der Waals surface area contributed by atoms with E-state index in [0.29, 0.717) is 11.1 Å². The molecular formula is C14H13N3OS2. The number of para-hydroxylation sites is 1. The fraction of sp³-hybridized carbons (Fsp3) is 0.214. The molecule has 0 aliphatic rings. The molecule has 0 aliphatic heterocycles. The second-order valence-electron chi connectivity index (χ2n) is 4.18. The normalized spacial score (nSPS) is 11.1. The molecular weight excluding hydrogens is 290 g/mol. The first-order valence-electron chi connectivity index (χ1n) is 6.13. The molecule has 3 aromatic rings. The summed E-state index contributed by atoms with van der Waals surface area (Å²) in [5, 5.41) is 9.81. The van der Waals surface area contributed by atoms with Gasteiger partial charge in [-0.05, 0) is 17.9 Å². The number of rotatable bonds is 5. The molecule has 0 unspecified atom stereocenters. The molecule has 20 heavy (non-hydrogen) atoms. The molecule has 4 nitrogen and oxygen atoms in total. The molecule has 0 spiro atoms. The Bertz CT molecular complexity index is 709. The van der Waals surface area contributed by atoms with Gasteiger partial charge in [-0.2, -0.15) is 11.8 Å². The fourth-order valence-corrected chi connectivity index (χ4v) is 3.03. The van der Waals surface area contributed by atoms with Gasteiger partial charge in [0.1, 0.15) is 0 Å². The lowest BCUT2D eigenvalue weighted by atomic mass is 10.1. The largest absolute Gasteiger partial charge is 0.415 e. The Morgan fingerprint density at radius 1 is 1.10 bits per heavy atom. The molecule has 0 aliphatic carbocycles. The van der Waals surface area contributed by atoms with Crippen LogP contribution in [0.3, 0.4) is 0 Å². The van der Waals surface area contributed by atoms with Gasteiger partial charge >= 0.3 is 0 Å². The highest BCUT2D eigenvalue weighted by Crippen LogP contribution is 2.25. The van der Waals surface area contributed by atoms with Crippen LogP contribution in [-0.2, 0) is 11.5 Å². The molecule has 0 saturated carbocycles. The van der Waals surface area contributed by atoms with Crippen molar-refractivity contribution in [1.82, 2.24) is 15.2 Å². The summed E-state index contributed by atoms with van der Waals surface area (Å²) in [6.45, 7) is 0. The number of benzene rings is 1. The van der Waals surface area contributed by atoms with E-state index in [9.17, 15) is 0 Å². The summed E-state index contributed by atoms with van der Waals surface area (Å²) in [7, 11) is 0. The number of fused-ring (bicyclic) bond motifs is 1. The second kappa shape index (κ2) is 6.28. The van der Waals surface area contributed by atoms with Gasteiger partial charge in [-0.25, -0.2) is 0 Å². The summed E-state index contributed by atoms with van der Waals surface area (Å²) in [5.74, 6) is 2.20. The molecule has 0 atom stereocenters. The van der Waals surface area contributed by atoms with Crippen LogP contribution in [0.15, 0.2) is 46.2 Å². The number of nitrogens with zero attached hydrogens (tertiary/aromatic N) is 3. The summed E-state index contributed by atoms with van der Waals surface area (Å²) in [6, 6.07) is 10.2. The Kier molecular flexibility index (Phi) is 4.22. The summed E-state index contributed by atoms with van der Waals surface area (Å²) >= 11 is 3.21. The standard InChI is InChI=1S/C14H13N3OS2/c1-19-9-12-16-17-14(18-12)20-8-11-5-2-4-10-6-3-7-15-13(10)11/h2-7H,8-9H2,1H3. The van der Waals surface area contributed by atoms with Crippen LogP contribution in [0.25, 0.3) is 10.9 Å². The van der Waals surface area contributed by atoms with Crippen molar-refractivity contribution in [3.05, 3.63) is 48.0 Å². The van der Waals surface area contributed by atoms with Gasteiger partial charge in [0.15, 0.2) is 0 Å². The molecule has 1 aromatic carbocycles. The van der Waals surface area contributed by atoms with Crippen molar-refractivity contribution < 1.29 is 4.42 Å². The van der Waals surface area contributed by atoms with Crippen LogP contribution >= 0.6 is 23.5 Å². The third-order valence-electron chi connectivity index (χ3n) is 2.78. The fourth-order valence-electron chi connectivity index (χ4n) is 1.90. The van der Waals surface area contributed by atoms with Crippen molar-refractivity contribution in [1.29, 1.82) is 0 Å². The molecule has 0 amide bonds. The van der Waals surface area contributed by atoms with E-state index in [1.165, 1.54) is 5.56 Å². The van der Waals surface area contributed by atoms with Gasteiger partial charge in [0.05, 0.1) is 11.3 Å². The predicted molar refractivity (Wildman–Crippen MR) is 82.8 cm³/mol. The summed E-state index contributed by atoms with van der Waals surface area (Å²) in [4.78, 5) is 4.44. The molecule has 102 valence electrons. The van der Waals surface area contributed by atoms with Gasteiger partial charge in [-0.3, -0.25) is 4.98 Å². The zero-order valence-electron chi connectivity index (χ0n) is 10.9. The Hall–Kier alpha value is -1.53. The number of pyridine rings is 1. The average Bonchev–Trinajstić information content (AvgIpc) is 2.93. The highest BCUT2D eigenvalue weighted by molar-refractivity contribution is 7.98. The first-order chi connectivity index (χ1) is 9.86. The molecule has 2 heterocycles. The first kappa shape index (κ1) is 13.5. The minimum absolute atomic E-state index is 0.613. The maximum absolute atomic E-state index is 5.56. The summed E-state index contributed by atoms with van der Waals surface area (Å²) in [5.41, 5.74) is 2.21. The quantitative estimate of drug-likeness (QED) is 0.669. The van der Waals surface area contributed by atoms with E-state index in [1.807, 2.05) is 24.6 Å². The van der Waals surface area contributed by atoms with Gasteiger partial charge in [0, 0.05) is 17.3 Å². The van der Waals surface area contributed by atoms with Gasteiger partial charge in [0.25, 0.3) is 5.22 Å². The molecule has 6 heteroatoms. The molecule has 2 aromatic heterocycles. The highest BCUT2D eigenvalue weighted by atomic mass is 32.2. The number of hydrogen-bond donors (Lipinski definition) is 0. The van der Waals surface area contributed by atoms with E-state index < -0.39 is 0 Å². The van der Waals surface area contributed by atoms with Crippen LogP contribution in [0.5, 0.6) is 0 Å². The summed E-state index contributed by atoms with van der Waals surface area (Å²) in [6.07, 6.45) is 3.83. The minimum Gasteiger partial charge on any atom is -0.415 e. The van der Waals surface area contributed by atoms with Gasteiger partial charge in [-0.1, -0.05) is 36.0 Å². The Balaban J connectivity index is 1.76. The van der Waals surface area contributed by atoms with E-state index in [4.69, 9.17) is 4.42 Å². The lowest BCUT2D eigenvalue weighted by Crippen LogP contribution is -1.86. The third kappa shape index (κ3) is 2.96. The Labute approximate surface area is 125 Å². The van der Waals surface area contributed by atoms with Crippen molar-refractivity contribution in [3.8, 4) is 0 Å². The number of thioether (sulfide) groups is 2. The van der Waals surface area contributed by atoms with Crippen LogP contribution in [0.1, 0.15) is 11.5 Å². The number of hydrogen-bond acceptors (Lipinski definition) is 6. The minimum atomic E-state index is 0.613. The van der Waals surface area contributed by atoms with Crippen LogP contribution in [0, 0.1) is 0 Å². The van der Waals surface area contributed by atoms with E-state index >= 15 is 0 Å². The molecule has 0 saturated heterocycles. The van der Waals surface area contributed by atoms with Crippen LogP contribution in [0.4, 0.5) is 0 Å². The van der Waals surface area contributed by atoms with Crippen molar-refractivity contribution >= 4 is 34.4 Å². The van der Waals surface area contributed by atoms with E-state index in [-0.39, 0.29) is 0 Å². The molecule has 0 N–H and O–H groups in total. The first-order valence-corrected chi connectivity index (χ1v) is 8.51.